The van der Waals surface area contributed by atoms with Crippen LogP contribution in [0.3, 0.4) is 0 Å². The normalized spacial score (nSPS) is 15.4. The third-order valence-corrected chi connectivity index (χ3v) is 3.75. The fourth-order valence-electron chi connectivity index (χ4n) is 2.16. The highest BCUT2D eigenvalue weighted by Gasteiger charge is 2.19. The minimum atomic E-state index is 0.897. The number of hydrogen-bond donors (Lipinski definition) is 1. The van der Waals surface area contributed by atoms with Crippen molar-refractivity contribution in [2.45, 2.75) is 19.8 Å². The van der Waals surface area contributed by atoms with E-state index in [2.05, 4.69) is 33.1 Å². The van der Waals surface area contributed by atoms with Gasteiger partial charge in [-0.3, -0.25) is 0 Å². The Bertz CT molecular complexity index is 388. The summed E-state index contributed by atoms with van der Waals surface area (Å²) >= 11 is 5.42. The Labute approximate surface area is 120 Å². The fourth-order valence-corrected chi connectivity index (χ4v) is 2.45. The summed E-state index contributed by atoms with van der Waals surface area (Å²) in [5.74, 6) is 1.06. The summed E-state index contributed by atoms with van der Waals surface area (Å²) in [5, 5.41) is 4.23. The number of rotatable bonds is 4. The van der Waals surface area contributed by atoms with Crippen molar-refractivity contribution in [1.82, 2.24) is 15.2 Å². The van der Waals surface area contributed by atoms with Gasteiger partial charge in [-0.05, 0) is 30.8 Å². The SMILES string of the molecule is CCCCNC(=S)N1CCN(c2ccccn2)CC1. The van der Waals surface area contributed by atoms with E-state index in [0.717, 1.165) is 43.7 Å². The predicted molar refractivity (Wildman–Crippen MR) is 83.5 cm³/mol. The van der Waals surface area contributed by atoms with E-state index in [1.54, 1.807) is 0 Å². The van der Waals surface area contributed by atoms with Crippen molar-refractivity contribution in [3.63, 3.8) is 0 Å². The van der Waals surface area contributed by atoms with Crippen LogP contribution < -0.4 is 10.2 Å². The quantitative estimate of drug-likeness (QED) is 0.671. The average molecular weight is 278 g/mol. The van der Waals surface area contributed by atoms with Crippen molar-refractivity contribution in [2.75, 3.05) is 37.6 Å². The lowest BCUT2D eigenvalue weighted by atomic mass is 10.3. The molecule has 4 nitrogen and oxygen atoms in total. The first kappa shape index (κ1) is 14.1. The molecule has 1 aromatic rings. The smallest absolute Gasteiger partial charge is 0.169 e. The minimum Gasteiger partial charge on any atom is -0.363 e. The maximum atomic E-state index is 5.42. The summed E-state index contributed by atoms with van der Waals surface area (Å²) in [6.45, 7) is 7.06. The standard InChI is InChI=1S/C14H22N4S/c1-2-3-7-16-14(19)18-11-9-17(10-12-18)13-6-4-5-8-15-13/h4-6,8H,2-3,7,9-12H2,1H3,(H,16,19). The number of unbranched alkanes of at least 4 members (excludes halogenated alkanes) is 1. The third-order valence-electron chi connectivity index (χ3n) is 3.35. The molecule has 0 aromatic carbocycles. The van der Waals surface area contributed by atoms with Crippen LogP contribution >= 0.6 is 12.2 Å². The van der Waals surface area contributed by atoms with E-state index < -0.39 is 0 Å². The molecule has 1 aliphatic rings. The van der Waals surface area contributed by atoms with Gasteiger partial charge >= 0.3 is 0 Å². The molecule has 0 radical (unpaired) electrons. The summed E-state index contributed by atoms with van der Waals surface area (Å²) < 4.78 is 0. The zero-order valence-electron chi connectivity index (χ0n) is 11.5. The molecule has 1 fully saturated rings. The van der Waals surface area contributed by atoms with Gasteiger partial charge in [0.05, 0.1) is 0 Å². The number of thiocarbonyl (C=S) groups is 1. The summed E-state index contributed by atoms with van der Waals surface area (Å²) in [5.41, 5.74) is 0. The Morgan fingerprint density at radius 1 is 1.32 bits per heavy atom. The van der Waals surface area contributed by atoms with E-state index in [9.17, 15) is 0 Å². The number of aromatic nitrogens is 1. The molecule has 1 aliphatic heterocycles. The van der Waals surface area contributed by atoms with E-state index in [0.29, 0.717) is 0 Å². The van der Waals surface area contributed by atoms with Crippen LogP contribution in [-0.2, 0) is 0 Å². The number of pyridine rings is 1. The van der Waals surface area contributed by atoms with E-state index in [-0.39, 0.29) is 0 Å². The highest BCUT2D eigenvalue weighted by Crippen LogP contribution is 2.12. The lowest BCUT2D eigenvalue weighted by molar-refractivity contribution is 0.379. The molecule has 5 heteroatoms. The Kier molecular flexibility index (Phi) is 5.39. The highest BCUT2D eigenvalue weighted by molar-refractivity contribution is 7.80. The van der Waals surface area contributed by atoms with Gasteiger partial charge < -0.3 is 15.1 Å². The highest BCUT2D eigenvalue weighted by atomic mass is 32.1. The first-order valence-electron chi connectivity index (χ1n) is 7.00. The molecule has 1 saturated heterocycles. The van der Waals surface area contributed by atoms with Gasteiger partial charge in [-0.1, -0.05) is 19.4 Å². The summed E-state index contributed by atoms with van der Waals surface area (Å²) in [6, 6.07) is 6.05. The van der Waals surface area contributed by atoms with E-state index in [1.807, 2.05) is 18.3 Å². The average Bonchev–Trinajstić information content (AvgIpc) is 2.48. The van der Waals surface area contributed by atoms with Gasteiger partial charge in [-0.15, -0.1) is 0 Å². The van der Waals surface area contributed by atoms with Crippen LogP contribution in [0.2, 0.25) is 0 Å². The fraction of sp³-hybridized carbons (Fsp3) is 0.571. The second-order valence-electron chi connectivity index (χ2n) is 4.75. The molecule has 0 atom stereocenters. The van der Waals surface area contributed by atoms with Crippen LogP contribution in [0.4, 0.5) is 5.82 Å². The second-order valence-corrected chi connectivity index (χ2v) is 5.13. The molecule has 1 N–H and O–H groups in total. The molecular formula is C14H22N4S. The molecule has 2 rings (SSSR count). The van der Waals surface area contributed by atoms with Gasteiger partial charge in [-0.2, -0.15) is 0 Å². The molecule has 0 amide bonds. The van der Waals surface area contributed by atoms with Gasteiger partial charge in [0, 0.05) is 38.9 Å². The van der Waals surface area contributed by atoms with E-state index in [4.69, 9.17) is 12.2 Å². The number of anilines is 1. The Morgan fingerprint density at radius 3 is 2.74 bits per heavy atom. The van der Waals surface area contributed by atoms with Crippen molar-refractivity contribution >= 4 is 23.1 Å². The predicted octanol–water partition coefficient (Wildman–Crippen LogP) is 1.88. The maximum absolute atomic E-state index is 5.42. The lowest BCUT2D eigenvalue weighted by Crippen LogP contribution is -2.52. The van der Waals surface area contributed by atoms with Gasteiger partial charge in [-0.25, -0.2) is 4.98 Å². The monoisotopic (exact) mass is 278 g/mol. The molecule has 104 valence electrons. The van der Waals surface area contributed by atoms with E-state index in [1.165, 1.54) is 12.8 Å². The largest absolute Gasteiger partial charge is 0.363 e. The minimum absolute atomic E-state index is 0.897. The van der Waals surface area contributed by atoms with Gasteiger partial charge in [0.15, 0.2) is 5.11 Å². The van der Waals surface area contributed by atoms with Crippen molar-refractivity contribution < 1.29 is 0 Å². The van der Waals surface area contributed by atoms with Gasteiger partial charge in [0.1, 0.15) is 5.82 Å². The summed E-state index contributed by atoms with van der Waals surface area (Å²) in [7, 11) is 0. The van der Waals surface area contributed by atoms with Crippen molar-refractivity contribution in [3.8, 4) is 0 Å². The number of nitrogens with one attached hydrogen (secondary N) is 1. The van der Waals surface area contributed by atoms with Crippen LogP contribution in [0, 0.1) is 0 Å². The first-order chi connectivity index (χ1) is 9.31. The number of piperazine rings is 1. The zero-order chi connectivity index (χ0) is 13.5. The van der Waals surface area contributed by atoms with Crippen LogP contribution in [0.15, 0.2) is 24.4 Å². The van der Waals surface area contributed by atoms with Gasteiger partial charge in [0.25, 0.3) is 0 Å². The molecule has 0 unspecified atom stereocenters. The molecule has 1 aromatic heterocycles. The van der Waals surface area contributed by atoms with Crippen LogP contribution in [-0.4, -0.2) is 47.7 Å². The van der Waals surface area contributed by atoms with Crippen molar-refractivity contribution in [2.24, 2.45) is 0 Å². The molecule has 0 aliphatic carbocycles. The van der Waals surface area contributed by atoms with Crippen molar-refractivity contribution in [1.29, 1.82) is 0 Å². The molecular weight excluding hydrogens is 256 g/mol. The number of nitrogens with zero attached hydrogens (tertiary/aromatic N) is 3. The van der Waals surface area contributed by atoms with Crippen LogP contribution in [0.25, 0.3) is 0 Å². The Morgan fingerprint density at radius 2 is 2.11 bits per heavy atom. The summed E-state index contributed by atoms with van der Waals surface area (Å²) in [4.78, 5) is 8.96. The van der Waals surface area contributed by atoms with Crippen molar-refractivity contribution in [3.05, 3.63) is 24.4 Å². The molecule has 0 spiro atoms. The zero-order valence-corrected chi connectivity index (χ0v) is 12.3. The van der Waals surface area contributed by atoms with Crippen LogP contribution in [0.1, 0.15) is 19.8 Å². The number of hydrogen-bond acceptors (Lipinski definition) is 3. The second kappa shape index (κ2) is 7.28. The topological polar surface area (TPSA) is 31.4 Å². The lowest BCUT2D eigenvalue weighted by Gasteiger charge is -2.36. The first-order valence-corrected chi connectivity index (χ1v) is 7.41. The van der Waals surface area contributed by atoms with Crippen LogP contribution in [0.5, 0.6) is 0 Å². The molecule has 0 bridgehead atoms. The third kappa shape index (κ3) is 4.06. The molecule has 19 heavy (non-hydrogen) atoms. The summed E-state index contributed by atoms with van der Waals surface area (Å²) in [6.07, 6.45) is 4.22. The maximum Gasteiger partial charge on any atom is 0.169 e. The molecule has 0 saturated carbocycles. The Hall–Kier alpha value is -1.36. The Balaban J connectivity index is 1.77. The molecule has 2 heterocycles. The van der Waals surface area contributed by atoms with Gasteiger partial charge in [0.2, 0.25) is 0 Å². The van der Waals surface area contributed by atoms with E-state index >= 15 is 0 Å².